The van der Waals surface area contributed by atoms with Gasteiger partial charge < -0.3 is 4.90 Å². The smallest absolute Gasteiger partial charge is 0.0468 e. The highest BCUT2D eigenvalue weighted by molar-refractivity contribution is 6.33. The number of hydrogen-bond donors (Lipinski definition) is 0. The van der Waals surface area contributed by atoms with Crippen LogP contribution >= 0.6 is 0 Å². The van der Waals surface area contributed by atoms with Gasteiger partial charge in [-0.05, 0) is 160 Å². The molecule has 0 atom stereocenters. The number of nitrogens with zero attached hydrogens (tertiary/aromatic N) is 1. The van der Waals surface area contributed by atoms with Gasteiger partial charge in [0.15, 0.2) is 0 Å². The molecule has 13 rings (SSSR count). The minimum absolute atomic E-state index is 0.146. The van der Waals surface area contributed by atoms with Crippen LogP contribution < -0.4 is 4.90 Å². The Morgan fingerprint density at radius 1 is 0.294 bits per heavy atom. The molecule has 2 aliphatic rings. The molecule has 0 fully saturated rings. The van der Waals surface area contributed by atoms with Crippen molar-refractivity contribution in [2.75, 3.05) is 4.90 Å². The van der Waals surface area contributed by atoms with Crippen LogP contribution in [0.15, 0.2) is 218 Å². The van der Waals surface area contributed by atoms with E-state index in [4.69, 9.17) is 0 Å². The lowest BCUT2D eigenvalue weighted by Gasteiger charge is -2.30. The zero-order valence-electron chi connectivity index (χ0n) is 39.2. The lowest BCUT2D eigenvalue weighted by Crippen LogP contribution is -2.18. The Labute approximate surface area is 399 Å². The first kappa shape index (κ1) is 40.3. The van der Waals surface area contributed by atoms with Gasteiger partial charge in [-0.2, -0.15) is 0 Å². The topological polar surface area (TPSA) is 3.24 Å². The molecule has 0 aliphatic heterocycles. The molecule has 0 saturated heterocycles. The van der Waals surface area contributed by atoms with Crippen molar-refractivity contribution in [2.45, 2.75) is 45.4 Å². The maximum absolute atomic E-state index is 2.52. The summed E-state index contributed by atoms with van der Waals surface area (Å²) in [6.45, 7) is 11.7. The van der Waals surface area contributed by atoms with E-state index < -0.39 is 0 Å². The third-order valence-electron chi connectivity index (χ3n) is 15.5. The van der Waals surface area contributed by atoms with Crippen molar-refractivity contribution in [2.24, 2.45) is 0 Å². The molecule has 0 N–H and O–H groups in total. The van der Waals surface area contributed by atoms with Crippen LogP contribution in [0.25, 0.3) is 88.0 Å². The van der Waals surface area contributed by atoms with Crippen molar-refractivity contribution in [3.05, 3.63) is 246 Å². The number of benzene rings is 11. The van der Waals surface area contributed by atoms with Crippen molar-refractivity contribution in [1.29, 1.82) is 0 Å². The monoisotopic (exact) mass is 869 g/mol. The normalized spacial score (nSPS) is 13.9. The highest BCUT2D eigenvalue weighted by atomic mass is 15.1. The molecule has 0 saturated carbocycles. The molecule has 324 valence electrons. The predicted molar refractivity (Wildman–Crippen MR) is 290 cm³/mol. The molecule has 0 radical (unpaired) electrons. The second kappa shape index (κ2) is 15.0. The fourth-order valence-corrected chi connectivity index (χ4v) is 12.1. The van der Waals surface area contributed by atoms with Crippen LogP contribution in [-0.2, 0) is 10.8 Å². The average Bonchev–Trinajstić information content (AvgIpc) is 3.75. The van der Waals surface area contributed by atoms with Crippen molar-refractivity contribution >= 4 is 49.4 Å². The van der Waals surface area contributed by atoms with Crippen molar-refractivity contribution in [1.82, 2.24) is 0 Å². The van der Waals surface area contributed by atoms with E-state index in [9.17, 15) is 0 Å². The minimum atomic E-state index is -0.146. The largest absolute Gasteiger partial charge is 0.310 e. The van der Waals surface area contributed by atoms with Crippen molar-refractivity contribution in [3.8, 4) is 55.6 Å². The number of anilines is 3. The van der Waals surface area contributed by atoms with Gasteiger partial charge in [-0.3, -0.25) is 0 Å². The van der Waals surface area contributed by atoms with Crippen LogP contribution in [0.1, 0.15) is 55.5 Å². The molecule has 0 amide bonds. The van der Waals surface area contributed by atoms with E-state index >= 15 is 0 Å². The van der Waals surface area contributed by atoms with Gasteiger partial charge in [0.25, 0.3) is 0 Å². The summed E-state index contributed by atoms with van der Waals surface area (Å²) >= 11 is 0. The molecule has 2 aliphatic carbocycles. The summed E-state index contributed by atoms with van der Waals surface area (Å²) in [6.07, 6.45) is 0. The Morgan fingerprint density at radius 2 is 0.750 bits per heavy atom. The maximum Gasteiger partial charge on any atom is 0.0468 e. The van der Waals surface area contributed by atoms with Crippen LogP contribution in [0.5, 0.6) is 0 Å². The number of aryl methyl sites for hydroxylation is 1. The summed E-state index contributed by atoms with van der Waals surface area (Å²) in [6, 6.07) is 82.2. The minimum Gasteiger partial charge on any atom is -0.310 e. The van der Waals surface area contributed by atoms with Gasteiger partial charge in [0.2, 0.25) is 0 Å². The highest BCUT2D eigenvalue weighted by Gasteiger charge is 2.38. The first-order valence-electron chi connectivity index (χ1n) is 24.1. The van der Waals surface area contributed by atoms with E-state index in [0.717, 1.165) is 17.1 Å². The molecular weight excluding hydrogens is 819 g/mol. The molecule has 68 heavy (non-hydrogen) atoms. The molecule has 0 bridgehead atoms. The summed E-state index contributed by atoms with van der Waals surface area (Å²) in [4.78, 5) is 2.52. The highest BCUT2D eigenvalue weighted by Crippen LogP contribution is 2.55. The van der Waals surface area contributed by atoms with Gasteiger partial charge in [0.1, 0.15) is 0 Å². The van der Waals surface area contributed by atoms with Gasteiger partial charge in [-0.15, -0.1) is 0 Å². The molecule has 0 unspecified atom stereocenters. The Balaban J connectivity index is 1.12. The Morgan fingerprint density at radius 3 is 1.35 bits per heavy atom. The van der Waals surface area contributed by atoms with Crippen LogP contribution in [0.3, 0.4) is 0 Å². The molecule has 1 nitrogen and oxygen atoms in total. The van der Waals surface area contributed by atoms with Gasteiger partial charge in [0, 0.05) is 27.9 Å². The standard InChI is InChI=1S/C67H51N/c1-42-28-30-44(31-29-42)56-41-57(43-18-8-6-9-19-43)64-54-25-13-12-22-49(54)58-38-46(34-37-55(58)65(64)63(56)45-20-10-7-11-21-45)68(47-32-35-52-50-23-14-16-26-59(50)66(2,3)61(52)39-47)48-33-36-53-51-24-15-17-27-60(51)67(4,5)62(53)40-48/h6-41H,1-5H3. The summed E-state index contributed by atoms with van der Waals surface area (Å²) < 4.78 is 0. The van der Waals surface area contributed by atoms with Gasteiger partial charge in [0.05, 0.1) is 0 Å². The van der Waals surface area contributed by atoms with Crippen molar-refractivity contribution < 1.29 is 0 Å². The fraction of sp³-hybridized carbons (Fsp3) is 0.104. The zero-order valence-corrected chi connectivity index (χ0v) is 39.2. The van der Waals surface area contributed by atoms with Gasteiger partial charge in [-0.1, -0.05) is 209 Å². The van der Waals surface area contributed by atoms with E-state index in [2.05, 4.69) is 258 Å². The maximum atomic E-state index is 2.52. The van der Waals surface area contributed by atoms with Crippen LogP contribution in [0.4, 0.5) is 17.1 Å². The Bertz CT molecular complexity index is 3730. The van der Waals surface area contributed by atoms with E-state index in [1.165, 1.54) is 116 Å². The first-order chi connectivity index (χ1) is 33.2. The third kappa shape index (κ3) is 5.95. The van der Waals surface area contributed by atoms with Crippen LogP contribution in [0, 0.1) is 6.92 Å². The first-order valence-corrected chi connectivity index (χ1v) is 24.1. The molecule has 11 aromatic carbocycles. The van der Waals surface area contributed by atoms with Gasteiger partial charge in [-0.25, -0.2) is 0 Å². The summed E-state index contributed by atoms with van der Waals surface area (Å²) in [5.41, 5.74) is 22.5. The van der Waals surface area contributed by atoms with Gasteiger partial charge >= 0.3 is 0 Å². The molecule has 0 spiro atoms. The summed E-state index contributed by atoms with van der Waals surface area (Å²) in [5, 5.41) is 7.51. The average molecular weight is 870 g/mol. The fourth-order valence-electron chi connectivity index (χ4n) is 12.1. The lowest BCUT2D eigenvalue weighted by atomic mass is 9.81. The second-order valence-electron chi connectivity index (χ2n) is 20.1. The van der Waals surface area contributed by atoms with E-state index in [1.54, 1.807) is 0 Å². The molecule has 0 heterocycles. The summed E-state index contributed by atoms with van der Waals surface area (Å²) in [5.74, 6) is 0. The van der Waals surface area contributed by atoms with Crippen LogP contribution in [-0.4, -0.2) is 0 Å². The molecular formula is C67H51N. The Kier molecular flexibility index (Phi) is 8.89. The van der Waals surface area contributed by atoms with Crippen molar-refractivity contribution in [3.63, 3.8) is 0 Å². The summed E-state index contributed by atoms with van der Waals surface area (Å²) in [7, 11) is 0. The lowest BCUT2D eigenvalue weighted by molar-refractivity contribution is 0.660. The molecule has 1 heteroatoms. The number of fused-ring (bicyclic) bond motifs is 12. The van der Waals surface area contributed by atoms with E-state index in [-0.39, 0.29) is 10.8 Å². The quantitative estimate of drug-likeness (QED) is 0.151. The van der Waals surface area contributed by atoms with E-state index in [1.807, 2.05) is 0 Å². The third-order valence-corrected chi connectivity index (χ3v) is 15.5. The Hall–Kier alpha value is -8.00. The zero-order chi connectivity index (χ0) is 45.9. The second-order valence-corrected chi connectivity index (χ2v) is 20.1. The van der Waals surface area contributed by atoms with Crippen LogP contribution in [0.2, 0.25) is 0 Å². The van der Waals surface area contributed by atoms with E-state index in [0.29, 0.717) is 0 Å². The molecule has 0 aromatic heterocycles. The number of hydrogen-bond acceptors (Lipinski definition) is 1. The number of rotatable bonds is 6. The molecule has 11 aromatic rings. The SMILES string of the molecule is Cc1ccc(-c2cc(-c3ccccc3)c3c4ccccc4c4cc(N(c5ccc6c(c5)C(C)(C)c5ccccc5-6)c5ccc6c(c5)C(C)(C)c5ccccc5-6)ccc4c3c2-c2ccccc2)cc1. The predicted octanol–water partition coefficient (Wildman–Crippen LogP) is 18.5.